The van der Waals surface area contributed by atoms with Crippen molar-refractivity contribution in [3.05, 3.63) is 0 Å². The molecule has 0 fully saturated rings. The third-order valence-electron chi connectivity index (χ3n) is 2.26. The van der Waals surface area contributed by atoms with Crippen LogP contribution in [0.5, 0.6) is 0 Å². The van der Waals surface area contributed by atoms with Crippen molar-refractivity contribution in [2.24, 2.45) is 5.92 Å². The van der Waals surface area contributed by atoms with Crippen LogP contribution < -0.4 is 5.32 Å². The van der Waals surface area contributed by atoms with Crippen LogP contribution in [0.1, 0.15) is 40.5 Å². The molecule has 2 N–H and O–H groups in total. The molecule has 78 valence electrons. The van der Waals surface area contributed by atoms with Gasteiger partial charge in [0, 0.05) is 0 Å². The molecule has 0 aromatic rings. The molecule has 0 aliphatic rings. The molecule has 0 radical (unpaired) electrons. The zero-order valence-corrected chi connectivity index (χ0v) is 9.05. The maximum Gasteiger partial charge on any atom is 0.323 e. The Morgan fingerprint density at radius 1 is 1.54 bits per heavy atom. The number of rotatable bonds is 6. The van der Waals surface area contributed by atoms with E-state index in [-0.39, 0.29) is 0 Å². The normalized spacial score (nSPS) is 15.8. The van der Waals surface area contributed by atoms with Gasteiger partial charge in [0.1, 0.15) is 5.54 Å². The Morgan fingerprint density at radius 2 is 2.08 bits per heavy atom. The minimum absolute atomic E-state index is 0.553. The Labute approximate surface area is 80.5 Å². The summed E-state index contributed by atoms with van der Waals surface area (Å²) in [6.07, 6.45) is 1.63. The number of aliphatic carboxylic acids is 1. The molecule has 3 nitrogen and oxygen atoms in total. The lowest BCUT2D eigenvalue weighted by Crippen LogP contribution is -2.49. The van der Waals surface area contributed by atoms with Crippen molar-refractivity contribution in [3.8, 4) is 0 Å². The van der Waals surface area contributed by atoms with E-state index in [0.717, 1.165) is 6.42 Å². The number of nitrogens with one attached hydrogen (secondary N) is 1. The van der Waals surface area contributed by atoms with Gasteiger partial charge in [0.05, 0.1) is 0 Å². The summed E-state index contributed by atoms with van der Waals surface area (Å²) in [5, 5.41) is 12.0. The summed E-state index contributed by atoms with van der Waals surface area (Å²) >= 11 is 0. The Kier molecular flexibility index (Phi) is 4.99. The fraction of sp³-hybridized carbons (Fsp3) is 0.900. The molecular formula is C10H21NO2. The van der Waals surface area contributed by atoms with E-state index in [2.05, 4.69) is 19.2 Å². The van der Waals surface area contributed by atoms with E-state index in [1.807, 2.05) is 6.92 Å². The standard InChI is InChI=1S/C10H21NO2/c1-5-11-10(4,9(12)13)7-6-8(2)3/h8,11H,5-7H2,1-4H3,(H,12,13). The van der Waals surface area contributed by atoms with Gasteiger partial charge in [0.15, 0.2) is 0 Å². The number of carboxylic acid groups (broad SMARTS) is 1. The molecule has 0 aliphatic carbocycles. The predicted octanol–water partition coefficient (Wildman–Crippen LogP) is 1.88. The van der Waals surface area contributed by atoms with Crippen LogP contribution in [-0.4, -0.2) is 23.2 Å². The maximum atomic E-state index is 11.0. The van der Waals surface area contributed by atoms with Crippen molar-refractivity contribution >= 4 is 5.97 Å². The van der Waals surface area contributed by atoms with E-state index in [4.69, 9.17) is 5.11 Å². The van der Waals surface area contributed by atoms with Gasteiger partial charge in [0.25, 0.3) is 0 Å². The van der Waals surface area contributed by atoms with Gasteiger partial charge in [-0.25, -0.2) is 0 Å². The molecule has 3 heteroatoms. The second kappa shape index (κ2) is 5.22. The van der Waals surface area contributed by atoms with Gasteiger partial charge < -0.3 is 10.4 Å². The minimum Gasteiger partial charge on any atom is -0.480 e. The highest BCUT2D eigenvalue weighted by Crippen LogP contribution is 2.16. The first-order chi connectivity index (χ1) is 5.92. The van der Waals surface area contributed by atoms with Crippen molar-refractivity contribution in [1.82, 2.24) is 5.32 Å². The molecule has 13 heavy (non-hydrogen) atoms. The summed E-state index contributed by atoms with van der Waals surface area (Å²) in [5.74, 6) is -0.202. The van der Waals surface area contributed by atoms with E-state index < -0.39 is 11.5 Å². The van der Waals surface area contributed by atoms with Crippen LogP contribution in [-0.2, 0) is 4.79 Å². The molecule has 1 atom stereocenters. The first-order valence-electron chi connectivity index (χ1n) is 4.90. The smallest absolute Gasteiger partial charge is 0.323 e. The van der Waals surface area contributed by atoms with Crippen molar-refractivity contribution < 1.29 is 9.90 Å². The van der Waals surface area contributed by atoms with Crippen LogP contribution >= 0.6 is 0 Å². The molecule has 1 unspecified atom stereocenters. The summed E-state index contributed by atoms with van der Waals surface area (Å²) < 4.78 is 0. The summed E-state index contributed by atoms with van der Waals surface area (Å²) in [7, 11) is 0. The first kappa shape index (κ1) is 12.4. The highest BCUT2D eigenvalue weighted by Gasteiger charge is 2.31. The molecule has 0 heterocycles. The van der Waals surface area contributed by atoms with Crippen LogP contribution in [0.15, 0.2) is 0 Å². The summed E-state index contributed by atoms with van der Waals surface area (Å²) in [4.78, 5) is 11.0. The number of likely N-dealkylation sites (N-methyl/N-ethyl adjacent to an activating group) is 1. The van der Waals surface area contributed by atoms with Crippen molar-refractivity contribution in [3.63, 3.8) is 0 Å². The maximum absolute atomic E-state index is 11.0. The highest BCUT2D eigenvalue weighted by atomic mass is 16.4. The Morgan fingerprint density at radius 3 is 2.38 bits per heavy atom. The van der Waals surface area contributed by atoms with Crippen molar-refractivity contribution in [2.45, 2.75) is 46.1 Å². The van der Waals surface area contributed by atoms with E-state index in [9.17, 15) is 4.79 Å². The van der Waals surface area contributed by atoms with Gasteiger partial charge >= 0.3 is 5.97 Å². The van der Waals surface area contributed by atoms with Crippen LogP contribution in [0.25, 0.3) is 0 Å². The number of carboxylic acids is 1. The van der Waals surface area contributed by atoms with Gasteiger partial charge in [-0.1, -0.05) is 20.8 Å². The molecule has 0 saturated heterocycles. The molecule has 0 aromatic carbocycles. The van der Waals surface area contributed by atoms with Crippen LogP contribution in [0, 0.1) is 5.92 Å². The number of hydrogen-bond donors (Lipinski definition) is 2. The van der Waals surface area contributed by atoms with Gasteiger partial charge in [-0.2, -0.15) is 0 Å². The SMILES string of the molecule is CCNC(C)(CCC(C)C)C(=O)O. The Bertz CT molecular complexity index is 168. The average Bonchev–Trinajstić information content (AvgIpc) is 2.01. The van der Waals surface area contributed by atoms with E-state index in [1.54, 1.807) is 6.92 Å². The quantitative estimate of drug-likeness (QED) is 0.667. The highest BCUT2D eigenvalue weighted by molar-refractivity contribution is 5.78. The monoisotopic (exact) mass is 187 g/mol. The largest absolute Gasteiger partial charge is 0.480 e. The molecule has 0 rings (SSSR count). The summed E-state index contributed by atoms with van der Waals surface area (Å²) in [6, 6.07) is 0. The van der Waals surface area contributed by atoms with Crippen LogP contribution in [0.4, 0.5) is 0 Å². The molecule has 0 spiro atoms. The molecule has 0 aromatic heterocycles. The number of hydrogen-bond acceptors (Lipinski definition) is 2. The Balaban J connectivity index is 4.16. The van der Waals surface area contributed by atoms with E-state index in [1.165, 1.54) is 0 Å². The second-order valence-electron chi connectivity index (χ2n) is 4.10. The predicted molar refractivity (Wildman–Crippen MR) is 53.8 cm³/mol. The molecule has 0 saturated carbocycles. The Hall–Kier alpha value is -0.570. The van der Waals surface area contributed by atoms with Crippen molar-refractivity contribution in [2.75, 3.05) is 6.54 Å². The third-order valence-corrected chi connectivity index (χ3v) is 2.26. The van der Waals surface area contributed by atoms with Crippen LogP contribution in [0.2, 0.25) is 0 Å². The van der Waals surface area contributed by atoms with Crippen molar-refractivity contribution in [1.29, 1.82) is 0 Å². The fourth-order valence-corrected chi connectivity index (χ4v) is 1.24. The summed E-state index contributed by atoms with van der Waals surface area (Å²) in [6.45, 7) is 8.58. The average molecular weight is 187 g/mol. The minimum atomic E-state index is -0.755. The lowest BCUT2D eigenvalue weighted by Gasteiger charge is -2.26. The molecular weight excluding hydrogens is 166 g/mol. The van der Waals surface area contributed by atoms with Gasteiger partial charge in [-0.05, 0) is 32.2 Å². The fourth-order valence-electron chi connectivity index (χ4n) is 1.24. The molecule has 0 amide bonds. The molecule has 0 bridgehead atoms. The van der Waals surface area contributed by atoms with Crippen LogP contribution in [0.3, 0.4) is 0 Å². The zero-order chi connectivity index (χ0) is 10.5. The zero-order valence-electron chi connectivity index (χ0n) is 9.05. The third kappa shape index (κ3) is 4.27. The lowest BCUT2D eigenvalue weighted by molar-refractivity contribution is -0.144. The van der Waals surface area contributed by atoms with Gasteiger partial charge in [-0.15, -0.1) is 0 Å². The lowest BCUT2D eigenvalue weighted by atomic mass is 9.92. The number of carbonyl (C=O) groups is 1. The molecule has 0 aliphatic heterocycles. The van der Waals surface area contributed by atoms with Gasteiger partial charge in [0.2, 0.25) is 0 Å². The van der Waals surface area contributed by atoms with E-state index in [0.29, 0.717) is 18.9 Å². The first-order valence-corrected chi connectivity index (χ1v) is 4.90. The topological polar surface area (TPSA) is 49.3 Å². The second-order valence-corrected chi connectivity index (χ2v) is 4.10. The van der Waals surface area contributed by atoms with E-state index >= 15 is 0 Å². The summed E-state index contributed by atoms with van der Waals surface area (Å²) in [5.41, 5.74) is -0.751. The van der Waals surface area contributed by atoms with Gasteiger partial charge in [-0.3, -0.25) is 4.79 Å².